The van der Waals surface area contributed by atoms with Gasteiger partial charge >= 0.3 is 0 Å². The van der Waals surface area contributed by atoms with Gasteiger partial charge in [0.25, 0.3) is 5.56 Å². The third-order valence-electron chi connectivity index (χ3n) is 4.23. The van der Waals surface area contributed by atoms with Gasteiger partial charge in [0.05, 0.1) is 5.69 Å². The number of aromatic nitrogens is 2. The molecule has 0 fully saturated rings. The zero-order valence-electron chi connectivity index (χ0n) is 15.7. The number of nitrogens with one attached hydrogen (secondary N) is 2. The summed E-state index contributed by atoms with van der Waals surface area (Å²) in [6.45, 7) is 6.83. The minimum Gasteiger partial charge on any atom is -0.344 e. The number of hydrogen-bond donors (Lipinski definition) is 2. The first-order chi connectivity index (χ1) is 12.2. The Balaban J connectivity index is 2.29. The minimum atomic E-state index is -0.784. The van der Waals surface area contributed by atoms with Crippen molar-refractivity contribution < 1.29 is 9.59 Å². The van der Waals surface area contributed by atoms with Crippen LogP contribution in [0.4, 0.5) is 5.69 Å². The number of carbonyl (C=O) groups is 2. The molecule has 0 aliphatic rings. The standard InChI is InChI=1S/C19H24N4O3/c1-11-6-8-15(9-7-11)10-16(20-14(4)24)18(25)21-17-12(2)13(3)22-23(5)19(17)26/h6-9,16H,10H2,1-5H3,(H,20,24)(H,21,25). The van der Waals surface area contributed by atoms with Crippen LogP contribution in [0.2, 0.25) is 0 Å². The van der Waals surface area contributed by atoms with E-state index in [2.05, 4.69) is 15.7 Å². The Morgan fingerprint density at radius 2 is 1.77 bits per heavy atom. The molecule has 1 aromatic carbocycles. The maximum atomic E-state index is 12.8. The molecule has 1 unspecified atom stereocenters. The fourth-order valence-electron chi connectivity index (χ4n) is 2.62. The summed E-state index contributed by atoms with van der Waals surface area (Å²) in [6, 6.07) is 6.94. The molecule has 0 aliphatic carbocycles. The zero-order chi connectivity index (χ0) is 19.4. The number of benzene rings is 1. The normalized spacial score (nSPS) is 11.7. The van der Waals surface area contributed by atoms with E-state index >= 15 is 0 Å². The molecule has 0 saturated heterocycles. The zero-order valence-corrected chi connectivity index (χ0v) is 15.7. The lowest BCUT2D eigenvalue weighted by atomic mass is 10.0. The molecule has 2 amide bonds. The first kappa shape index (κ1) is 19.4. The lowest BCUT2D eigenvalue weighted by Crippen LogP contribution is -2.45. The largest absolute Gasteiger partial charge is 0.344 e. The van der Waals surface area contributed by atoms with E-state index in [1.54, 1.807) is 13.8 Å². The van der Waals surface area contributed by atoms with Crippen LogP contribution in [0.5, 0.6) is 0 Å². The van der Waals surface area contributed by atoms with Crippen molar-refractivity contribution in [2.75, 3.05) is 5.32 Å². The van der Waals surface area contributed by atoms with Gasteiger partial charge in [-0.05, 0) is 26.3 Å². The van der Waals surface area contributed by atoms with E-state index in [9.17, 15) is 14.4 Å². The van der Waals surface area contributed by atoms with Crippen molar-refractivity contribution in [3.8, 4) is 0 Å². The van der Waals surface area contributed by atoms with Gasteiger partial charge < -0.3 is 10.6 Å². The Hall–Kier alpha value is -2.96. The molecular formula is C19H24N4O3. The van der Waals surface area contributed by atoms with Crippen LogP contribution in [0.15, 0.2) is 29.1 Å². The molecule has 0 spiro atoms. The van der Waals surface area contributed by atoms with E-state index in [-0.39, 0.29) is 11.6 Å². The van der Waals surface area contributed by atoms with Crippen molar-refractivity contribution in [3.63, 3.8) is 0 Å². The Kier molecular flexibility index (Phi) is 5.92. The molecule has 1 aromatic heterocycles. The lowest BCUT2D eigenvalue weighted by molar-refractivity contribution is -0.125. The SMILES string of the molecule is CC(=O)NC(Cc1ccc(C)cc1)C(=O)Nc1c(C)c(C)nn(C)c1=O. The van der Waals surface area contributed by atoms with Crippen LogP contribution < -0.4 is 16.2 Å². The van der Waals surface area contributed by atoms with Crippen LogP contribution in [-0.4, -0.2) is 27.6 Å². The molecular weight excluding hydrogens is 332 g/mol. The molecule has 2 aromatic rings. The van der Waals surface area contributed by atoms with Crippen LogP contribution in [-0.2, 0) is 23.1 Å². The smallest absolute Gasteiger partial charge is 0.290 e. The third kappa shape index (κ3) is 4.56. The Bertz CT molecular complexity index is 885. The summed E-state index contributed by atoms with van der Waals surface area (Å²) >= 11 is 0. The third-order valence-corrected chi connectivity index (χ3v) is 4.23. The summed E-state index contributed by atoms with van der Waals surface area (Å²) in [7, 11) is 1.53. The molecule has 0 bridgehead atoms. The molecule has 0 radical (unpaired) electrons. The minimum absolute atomic E-state index is 0.184. The van der Waals surface area contributed by atoms with Gasteiger partial charge in [-0.3, -0.25) is 14.4 Å². The molecule has 7 nitrogen and oxygen atoms in total. The summed E-state index contributed by atoms with van der Waals surface area (Å²) in [5.74, 6) is -0.751. The van der Waals surface area contributed by atoms with E-state index in [4.69, 9.17) is 0 Å². The lowest BCUT2D eigenvalue weighted by Gasteiger charge is -2.19. The average molecular weight is 356 g/mol. The maximum Gasteiger partial charge on any atom is 0.290 e. The van der Waals surface area contributed by atoms with Crippen molar-refractivity contribution in [2.45, 2.75) is 40.2 Å². The second kappa shape index (κ2) is 7.95. The van der Waals surface area contributed by atoms with Crippen molar-refractivity contribution in [1.82, 2.24) is 15.1 Å². The Morgan fingerprint density at radius 3 is 2.35 bits per heavy atom. The number of aryl methyl sites for hydroxylation is 3. The molecule has 2 N–H and O–H groups in total. The predicted octanol–water partition coefficient (Wildman–Crippen LogP) is 1.39. The fraction of sp³-hybridized carbons (Fsp3) is 0.368. The summed E-state index contributed by atoms with van der Waals surface area (Å²) in [5.41, 5.74) is 3.08. The Morgan fingerprint density at radius 1 is 1.15 bits per heavy atom. The summed E-state index contributed by atoms with van der Waals surface area (Å²) in [4.78, 5) is 36.6. The van der Waals surface area contributed by atoms with Crippen LogP contribution in [0.1, 0.15) is 29.3 Å². The van der Waals surface area contributed by atoms with Gasteiger partial charge in [-0.2, -0.15) is 5.10 Å². The second-order valence-corrected chi connectivity index (χ2v) is 6.45. The van der Waals surface area contributed by atoms with Crippen LogP contribution in [0.3, 0.4) is 0 Å². The maximum absolute atomic E-state index is 12.8. The Labute approximate surface area is 152 Å². The highest BCUT2D eigenvalue weighted by atomic mass is 16.2. The number of carbonyl (C=O) groups excluding carboxylic acids is 2. The van der Waals surface area contributed by atoms with Gasteiger partial charge in [0.2, 0.25) is 11.8 Å². The number of anilines is 1. The quantitative estimate of drug-likeness (QED) is 0.847. The molecule has 26 heavy (non-hydrogen) atoms. The van der Waals surface area contributed by atoms with Gasteiger partial charge in [-0.25, -0.2) is 4.68 Å². The topological polar surface area (TPSA) is 93.1 Å². The van der Waals surface area contributed by atoms with Crippen molar-refractivity contribution in [3.05, 3.63) is 57.0 Å². The van der Waals surface area contributed by atoms with Crippen LogP contribution in [0, 0.1) is 20.8 Å². The average Bonchev–Trinajstić information content (AvgIpc) is 2.57. The number of amides is 2. The first-order valence-corrected chi connectivity index (χ1v) is 8.37. The molecule has 2 rings (SSSR count). The molecule has 7 heteroatoms. The van der Waals surface area contributed by atoms with Gasteiger partial charge in [-0.1, -0.05) is 29.8 Å². The van der Waals surface area contributed by atoms with E-state index in [0.29, 0.717) is 17.7 Å². The van der Waals surface area contributed by atoms with E-state index in [1.807, 2.05) is 31.2 Å². The summed E-state index contributed by atoms with van der Waals surface area (Å²) in [6.07, 6.45) is 0.328. The van der Waals surface area contributed by atoms with Crippen molar-refractivity contribution in [1.29, 1.82) is 0 Å². The van der Waals surface area contributed by atoms with Gasteiger partial charge in [0.1, 0.15) is 11.7 Å². The van der Waals surface area contributed by atoms with E-state index in [0.717, 1.165) is 11.1 Å². The van der Waals surface area contributed by atoms with Gasteiger partial charge in [0, 0.05) is 26.0 Å². The molecule has 1 atom stereocenters. The summed E-state index contributed by atoms with van der Waals surface area (Å²) in [5, 5.41) is 9.42. The number of nitrogens with zero attached hydrogens (tertiary/aromatic N) is 2. The number of hydrogen-bond acceptors (Lipinski definition) is 4. The van der Waals surface area contributed by atoms with Gasteiger partial charge in [-0.15, -0.1) is 0 Å². The van der Waals surface area contributed by atoms with Crippen molar-refractivity contribution >= 4 is 17.5 Å². The molecule has 0 saturated carbocycles. The second-order valence-electron chi connectivity index (χ2n) is 6.45. The molecule has 138 valence electrons. The summed E-state index contributed by atoms with van der Waals surface area (Å²) < 4.78 is 1.19. The van der Waals surface area contributed by atoms with E-state index in [1.165, 1.54) is 18.7 Å². The highest BCUT2D eigenvalue weighted by molar-refractivity contribution is 5.97. The predicted molar refractivity (Wildman–Crippen MR) is 100 cm³/mol. The highest BCUT2D eigenvalue weighted by Gasteiger charge is 2.22. The number of rotatable bonds is 5. The molecule has 1 heterocycles. The van der Waals surface area contributed by atoms with Crippen LogP contribution >= 0.6 is 0 Å². The fourth-order valence-corrected chi connectivity index (χ4v) is 2.62. The highest BCUT2D eigenvalue weighted by Crippen LogP contribution is 2.13. The van der Waals surface area contributed by atoms with E-state index < -0.39 is 17.5 Å². The first-order valence-electron chi connectivity index (χ1n) is 8.37. The molecule has 0 aliphatic heterocycles. The van der Waals surface area contributed by atoms with Crippen LogP contribution in [0.25, 0.3) is 0 Å². The van der Waals surface area contributed by atoms with Crippen molar-refractivity contribution in [2.24, 2.45) is 7.05 Å². The van der Waals surface area contributed by atoms with Gasteiger partial charge in [0.15, 0.2) is 0 Å². The monoisotopic (exact) mass is 356 g/mol.